The van der Waals surface area contributed by atoms with Gasteiger partial charge in [-0.3, -0.25) is 4.79 Å². The van der Waals surface area contributed by atoms with Crippen molar-refractivity contribution in [3.05, 3.63) is 35.0 Å². The van der Waals surface area contributed by atoms with Crippen LogP contribution in [0.5, 0.6) is 0 Å². The highest BCUT2D eigenvalue weighted by atomic mass is 32.1. The van der Waals surface area contributed by atoms with Crippen molar-refractivity contribution in [2.45, 2.75) is 33.1 Å². The van der Waals surface area contributed by atoms with Crippen LogP contribution < -0.4 is 0 Å². The number of fused-ring (bicyclic) bond motifs is 1. The highest BCUT2D eigenvalue weighted by Gasteiger charge is 2.16. The highest BCUT2D eigenvalue weighted by molar-refractivity contribution is 7.13. The van der Waals surface area contributed by atoms with Crippen molar-refractivity contribution in [3.63, 3.8) is 0 Å². The Morgan fingerprint density at radius 3 is 2.91 bits per heavy atom. The van der Waals surface area contributed by atoms with E-state index in [9.17, 15) is 4.79 Å². The van der Waals surface area contributed by atoms with Crippen LogP contribution in [0, 0.1) is 0 Å². The maximum absolute atomic E-state index is 11.7. The predicted molar refractivity (Wildman–Crippen MR) is 88.4 cm³/mol. The molecule has 0 spiro atoms. The molecule has 0 N–H and O–H groups in total. The Kier molecular flexibility index (Phi) is 4.66. The number of esters is 1. The second kappa shape index (κ2) is 6.87. The normalized spacial score (nSPS) is 11.0. The summed E-state index contributed by atoms with van der Waals surface area (Å²) in [6.07, 6.45) is 1.97. The minimum absolute atomic E-state index is 0.0709. The van der Waals surface area contributed by atoms with Gasteiger partial charge in [0.25, 0.3) is 0 Å². The number of nitrogens with zero attached hydrogens (tertiary/aromatic N) is 4. The molecule has 3 aromatic heterocycles. The van der Waals surface area contributed by atoms with Gasteiger partial charge < -0.3 is 4.74 Å². The number of hydrogen-bond donors (Lipinski definition) is 0. The van der Waals surface area contributed by atoms with Gasteiger partial charge in [-0.25, -0.2) is 0 Å². The number of aryl methyl sites for hydroxylation is 1. The van der Waals surface area contributed by atoms with Gasteiger partial charge >= 0.3 is 5.97 Å². The van der Waals surface area contributed by atoms with E-state index in [0.29, 0.717) is 18.1 Å². The molecular weight excluding hydrogens is 312 g/mol. The van der Waals surface area contributed by atoms with Crippen LogP contribution in [0.2, 0.25) is 0 Å². The zero-order chi connectivity index (χ0) is 16.2. The molecule has 0 amide bonds. The second-order valence-corrected chi connectivity index (χ2v) is 6.06. The van der Waals surface area contributed by atoms with E-state index in [-0.39, 0.29) is 12.4 Å². The van der Waals surface area contributed by atoms with Gasteiger partial charge in [0.2, 0.25) is 0 Å². The molecule has 0 unspecified atom stereocenters. The van der Waals surface area contributed by atoms with Crippen LogP contribution in [0.1, 0.15) is 31.7 Å². The van der Waals surface area contributed by atoms with Crippen molar-refractivity contribution in [2.75, 3.05) is 6.61 Å². The molecule has 0 radical (unpaired) electrons. The summed E-state index contributed by atoms with van der Waals surface area (Å²) in [6.45, 7) is 4.26. The van der Waals surface area contributed by atoms with Crippen molar-refractivity contribution >= 4 is 23.0 Å². The first-order chi connectivity index (χ1) is 11.2. The summed E-state index contributed by atoms with van der Waals surface area (Å²) in [5.74, 6) is 0.191. The van der Waals surface area contributed by atoms with Crippen molar-refractivity contribution in [3.8, 4) is 10.6 Å². The van der Waals surface area contributed by atoms with Gasteiger partial charge in [0.15, 0.2) is 11.5 Å². The number of ether oxygens (including phenoxy) is 1. The van der Waals surface area contributed by atoms with Crippen LogP contribution in [0.4, 0.5) is 0 Å². The van der Waals surface area contributed by atoms with Crippen molar-refractivity contribution in [2.24, 2.45) is 0 Å². The van der Waals surface area contributed by atoms with Crippen LogP contribution in [-0.2, 0) is 22.4 Å². The van der Waals surface area contributed by atoms with E-state index < -0.39 is 0 Å². The molecule has 23 heavy (non-hydrogen) atoms. The number of carbonyl (C=O) groups is 1. The average Bonchev–Trinajstić information content (AvgIpc) is 3.18. The maximum Gasteiger partial charge on any atom is 0.313 e. The standard InChI is InChI=1S/C16H18N4O2S/c1-3-6-11-9-12(13-7-5-8-23-13)19-20-14(17-18-16(11)20)10-15(21)22-4-2/h5,7-9H,3-4,6,10H2,1-2H3. The van der Waals surface area contributed by atoms with Gasteiger partial charge in [-0.15, -0.1) is 21.5 Å². The number of carbonyl (C=O) groups excluding carboxylic acids is 1. The van der Waals surface area contributed by atoms with E-state index in [1.165, 1.54) is 0 Å². The molecule has 0 aliphatic heterocycles. The van der Waals surface area contributed by atoms with E-state index in [4.69, 9.17) is 4.74 Å². The fraction of sp³-hybridized carbons (Fsp3) is 0.375. The molecule has 120 valence electrons. The van der Waals surface area contributed by atoms with E-state index in [0.717, 1.165) is 29.0 Å². The Bertz CT molecular complexity index is 811. The van der Waals surface area contributed by atoms with Crippen molar-refractivity contribution in [1.29, 1.82) is 0 Å². The lowest BCUT2D eigenvalue weighted by Gasteiger charge is -2.06. The van der Waals surface area contributed by atoms with Gasteiger partial charge in [0.05, 0.1) is 11.5 Å². The fourth-order valence-corrected chi connectivity index (χ4v) is 3.11. The summed E-state index contributed by atoms with van der Waals surface area (Å²) in [5, 5.41) is 15.0. The predicted octanol–water partition coefficient (Wildman–Crippen LogP) is 2.91. The first-order valence-electron chi connectivity index (χ1n) is 7.66. The molecule has 0 aliphatic rings. The topological polar surface area (TPSA) is 69.4 Å². The Morgan fingerprint density at radius 1 is 1.35 bits per heavy atom. The zero-order valence-electron chi connectivity index (χ0n) is 13.2. The molecule has 0 fully saturated rings. The minimum atomic E-state index is -0.317. The lowest BCUT2D eigenvalue weighted by atomic mass is 10.1. The summed E-state index contributed by atoms with van der Waals surface area (Å²) >= 11 is 1.63. The van der Waals surface area contributed by atoms with Crippen LogP contribution >= 0.6 is 11.3 Å². The first-order valence-corrected chi connectivity index (χ1v) is 8.54. The summed E-state index contributed by atoms with van der Waals surface area (Å²) in [6, 6.07) is 6.09. The second-order valence-electron chi connectivity index (χ2n) is 5.12. The van der Waals surface area contributed by atoms with Crippen LogP contribution in [0.25, 0.3) is 16.2 Å². The average molecular weight is 330 g/mol. The largest absolute Gasteiger partial charge is 0.466 e. The monoisotopic (exact) mass is 330 g/mol. The Morgan fingerprint density at radius 2 is 2.22 bits per heavy atom. The molecule has 0 aliphatic carbocycles. The number of rotatable bonds is 6. The first kappa shape index (κ1) is 15.6. The highest BCUT2D eigenvalue weighted by Crippen LogP contribution is 2.25. The smallest absolute Gasteiger partial charge is 0.313 e. The van der Waals surface area contributed by atoms with Gasteiger partial charge in [-0.05, 0) is 30.9 Å². The molecule has 0 bridgehead atoms. The third-order valence-corrected chi connectivity index (χ3v) is 4.30. The quantitative estimate of drug-likeness (QED) is 0.650. The molecule has 0 saturated heterocycles. The molecule has 3 rings (SSSR count). The molecule has 0 saturated carbocycles. The molecule has 0 atom stereocenters. The fourth-order valence-electron chi connectivity index (χ4n) is 2.43. The lowest BCUT2D eigenvalue weighted by Crippen LogP contribution is -2.11. The van der Waals surface area contributed by atoms with Gasteiger partial charge in [0, 0.05) is 5.56 Å². The Labute approximate surface area is 138 Å². The summed E-state index contributed by atoms with van der Waals surface area (Å²) < 4.78 is 6.68. The van der Waals surface area contributed by atoms with Gasteiger partial charge in [-0.1, -0.05) is 19.4 Å². The van der Waals surface area contributed by atoms with Crippen molar-refractivity contribution < 1.29 is 9.53 Å². The molecule has 7 heteroatoms. The van der Waals surface area contributed by atoms with Crippen LogP contribution in [0.3, 0.4) is 0 Å². The number of thiophene rings is 1. The van der Waals surface area contributed by atoms with Crippen molar-refractivity contribution in [1.82, 2.24) is 19.8 Å². The molecule has 6 nitrogen and oxygen atoms in total. The van der Waals surface area contributed by atoms with Gasteiger partial charge in [0.1, 0.15) is 12.1 Å². The summed E-state index contributed by atoms with van der Waals surface area (Å²) in [7, 11) is 0. The number of aromatic nitrogens is 4. The number of hydrogen-bond acceptors (Lipinski definition) is 6. The SMILES string of the molecule is CCCc1cc(-c2cccs2)nn2c(CC(=O)OCC)nnc12. The minimum Gasteiger partial charge on any atom is -0.466 e. The van der Waals surface area contributed by atoms with Crippen LogP contribution in [-0.4, -0.2) is 32.4 Å². The molecule has 3 aromatic rings. The van der Waals surface area contributed by atoms with Gasteiger partial charge in [-0.2, -0.15) is 9.61 Å². The maximum atomic E-state index is 11.7. The van der Waals surface area contributed by atoms with E-state index in [2.05, 4.69) is 28.3 Å². The molecule has 3 heterocycles. The van der Waals surface area contributed by atoms with E-state index >= 15 is 0 Å². The third kappa shape index (κ3) is 3.24. The Hall–Kier alpha value is -2.28. The van der Waals surface area contributed by atoms with E-state index in [1.54, 1.807) is 22.8 Å². The summed E-state index contributed by atoms with van der Waals surface area (Å²) in [4.78, 5) is 12.8. The molecule has 0 aromatic carbocycles. The summed E-state index contributed by atoms with van der Waals surface area (Å²) in [5.41, 5.74) is 2.68. The lowest BCUT2D eigenvalue weighted by molar-refractivity contribution is -0.142. The van der Waals surface area contributed by atoms with Crippen LogP contribution in [0.15, 0.2) is 23.6 Å². The molecular formula is C16H18N4O2S. The zero-order valence-corrected chi connectivity index (χ0v) is 14.0. The van der Waals surface area contributed by atoms with E-state index in [1.807, 2.05) is 17.5 Å². The Balaban J connectivity index is 2.08. The third-order valence-electron chi connectivity index (χ3n) is 3.41.